The number of rotatable bonds is 5. The lowest BCUT2D eigenvalue weighted by Gasteiger charge is -2.14. The zero-order valence-corrected chi connectivity index (χ0v) is 9.65. The number of aromatic nitrogens is 2. The molecule has 0 aromatic carbocycles. The van der Waals surface area contributed by atoms with Gasteiger partial charge in [0.15, 0.2) is 5.75 Å². The zero-order chi connectivity index (χ0) is 11.2. The fraction of sp³-hybridized carbons (Fsp3) is 0.636. The minimum atomic E-state index is 0.667. The minimum absolute atomic E-state index is 0.667. The van der Waals surface area contributed by atoms with E-state index in [9.17, 15) is 0 Å². The topological polar surface area (TPSA) is 50.3 Å². The van der Waals surface area contributed by atoms with Crippen molar-refractivity contribution in [2.24, 2.45) is 0 Å². The molecule has 1 aromatic heterocycles. The first kappa shape index (κ1) is 11.1. The molecule has 5 heteroatoms. The average Bonchev–Trinajstić information content (AvgIpc) is 2.83. The summed E-state index contributed by atoms with van der Waals surface area (Å²) < 4.78 is 4.99. The molecule has 0 spiro atoms. The average molecular weight is 222 g/mol. The van der Waals surface area contributed by atoms with E-state index in [1.807, 2.05) is 0 Å². The van der Waals surface area contributed by atoms with Crippen LogP contribution < -0.4 is 10.1 Å². The van der Waals surface area contributed by atoms with Gasteiger partial charge in [0.05, 0.1) is 19.5 Å². The lowest BCUT2D eigenvalue weighted by Crippen LogP contribution is -2.26. The molecule has 0 aliphatic carbocycles. The molecule has 0 saturated carbocycles. The smallest absolute Gasteiger partial charge is 0.222 e. The number of methoxy groups -OCH3 is 1. The largest absolute Gasteiger partial charge is 0.494 e. The highest BCUT2D eigenvalue weighted by atomic mass is 16.5. The third kappa shape index (κ3) is 3.06. The molecular formula is C11H18N4O. The Kier molecular flexibility index (Phi) is 3.93. The summed E-state index contributed by atoms with van der Waals surface area (Å²) in [5, 5.41) is 3.20. The Morgan fingerprint density at radius 3 is 2.62 bits per heavy atom. The second-order valence-electron chi connectivity index (χ2n) is 3.92. The Balaban J connectivity index is 1.71. The molecule has 16 heavy (non-hydrogen) atoms. The van der Waals surface area contributed by atoms with E-state index in [2.05, 4.69) is 20.2 Å². The molecule has 0 radical (unpaired) electrons. The van der Waals surface area contributed by atoms with Gasteiger partial charge in [-0.05, 0) is 25.9 Å². The summed E-state index contributed by atoms with van der Waals surface area (Å²) in [5.41, 5.74) is 0. The molecule has 1 N–H and O–H groups in total. The number of anilines is 1. The first-order valence-corrected chi connectivity index (χ1v) is 5.71. The highest BCUT2D eigenvalue weighted by molar-refractivity contribution is 5.26. The van der Waals surface area contributed by atoms with Crippen LogP contribution in [0.5, 0.6) is 5.75 Å². The van der Waals surface area contributed by atoms with Gasteiger partial charge in [0.25, 0.3) is 0 Å². The molecule has 1 fully saturated rings. The van der Waals surface area contributed by atoms with Crippen molar-refractivity contribution in [1.82, 2.24) is 14.9 Å². The predicted octanol–water partition coefficient (Wildman–Crippen LogP) is 0.993. The zero-order valence-electron chi connectivity index (χ0n) is 9.65. The van der Waals surface area contributed by atoms with Gasteiger partial charge in [-0.2, -0.15) is 0 Å². The van der Waals surface area contributed by atoms with E-state index in [1.54, 1.807) is 19.5 Å². The minimum Gasteiger partial charge on any atom is -0.494 e. The Hall–Kier alpha value is -1.36. The summed E-state index contributed by atoms with van der Waals surface area (Å²) in [7, 11) is 1.61. The van der Waals surface area contributed by atoms with E-state index >= 15 is 0 Å². The quantitative estimate of drug-likeness (QED) is 0.805. The van der Waals surface area contributed by atoms with Gasteiger partial charge in [-0.3, -0.25) is 0 Å². The number of hydrogen-bond acceptors (Lipinski definition) is 5. The second kappa shape index (κ2) is 5.65. The predicted molar refractivity (Wildman–Crippen MR) is 62.7 cm³/mol. The molecule has 1 aromatic rings. The number of nitrogens with one attached hydrogen (secondary N) is 1. The fourth-order valence-corrected chi connectivity index (χ4v) is 1.84. The lowest BCUT2D eigenvalue weighted by atomic mass is 10.4. The maximum absolute atomic E-state index is 4.99. The van der Waals surface area contributed by atoms with E-state index < -0.39 is 0 Å². The highest BCUT2D eigenvalue weighted by Gasteiger charge is 2.10. The third-order valence-corrected chi connectivity index (χ3v) is 2.77. The van der Waals surface area contributed by atoms with Crippen LogP contribution in [0, 0.1) is 0 Å². The number of hydrogen-bond donors (Lipinski definition) is 1. The van der Waals surface area contributed by atoms with Crippen LogP contribution in [0.2, 0.25) is 0 Å². The summed E-state index contributed by atoms with van der Waals surface area (Å²) in [6.45, 7) is 4.41. The van der Waals surface area contributed by atoms with Crippen LogP contribution in [0.25, 0.3) is 0 Å². The number of likely N-dealkylation sites (tertiary alicyclic amines) is 1. The van der Waals surface area contributed by atoms with Crippen LogP contribution in [0.4, 0.5) is 5.95 Å². The molecule has 1 aliphatic heterocycles. The monoisotopic (exact) mass is 222 g/mol. The van der Waals surface area contributed by atoms with Crippen LogP contribution in [0.15, 0.2) is 12.4 Å². The van der Waals surface area contributed by atoms with E-state index in [-0.39, 0.29) is 0 Å². The molecule has 0 bridgehead atoms. The Morgan fingerprint density at radius 2 is 2.00 bits per heavy atom. The van der Waals surface area contributed by atoms with Crippen molar-refractivity contribution in [3.05, 3.63) is 12.4 Å². The van der Waals surface area contributed by atoms with Crippen LogP contribution in [0.1, 0.15) is 12.8 Å². The van der Waals surface area contributed by atoms with Crippen molar-refractivity contribution >= 4 is 5.95 Å². The number of nitrogens with zero attached hydrogens (tertiary/aromatic N) is 3. The molecule has 0 amide bonds. The Bertz CT molecular complexity index is 308. The lowest BCUT2D eigenvalue weighted by molar-refractivity contribution is 0.352. The van der Waals surface area contributed by atoms with Gasteiger partial charge >= 0.3 is 0 Å². The van der Waals surface area contributed by atoms with Crippen LogP contribution in [-0.2, 0) is 0 Å². The van der Waals surface area contributed by atoms with Crippen LogP contribution >= 0.6 is 0 Å². The maximum atomic E-state index is 4.99. The normalized spacial score (nSPS) is 16.3. The van der Waals surface area contributed by atoms with Gasteiger partial charge in [0, 0.05) is 13.1 Å². The van der Waals surface area contributed by atoms with Gasteiger partial charge < -0.3 is 15.0 Å². The molecule has 0 atom stereocenters. The fourth-order valence-electron chi connectivity index (χ4n) is 1.84. The van der Waals surface area contributed by atoms with Crippen molar-refractivity contribution in [3.63, 3.8) is 0 Å². The molecule has 1 aliphatic rings. The van der Waals surface area contributed by atoms with E-state index in [4.69, 9.17) is 4.74 Å². The van der Waals surface area contributed by atoms with Gasteiger partial charge in [-0.15, -0.1) is 0 Å². The Labute approximate surface area is 95.8 Å². The van der Waals surface area contributed by atoms with Crippen molar-refractivity contribution in [2.45, 2.75) is 12.8 Å². The molecule has 2 heterocycles. The summed E-state index contributed by atoms with van der Waals surface area (Å²) in [6.07, 6.45) is 6.01. The van der Waals surface area contributed by atoms with Crippen LogP contribution in [0.3, 0.4) is 0 Å². The summed E-state index contributed by atoms with van der Waals surface area (Å²) >= 11 is 0. The SMILES string of the molecule is COc1cnc(NCCN2CCCC2)nc1. The molecule has 5 nitrogen and oxygen atoms in total. The van der Waals surface area contributed by atoms with E-state index in [0.29, 0.717) is 11.7 Å². The molecule has 1 saturated heterocycles. The van der Waals surface area contributed by atoms with Gasteiger partial charge in [0.1, 0.15) is 0 Å². The van der Waals surface area contributed by atoms with E-state index in [0.717, 1.165) is 13.1 Å². The second-order valence-corrected chi connectivity index (χ2v) is 3.92. The van der Waals surface area contributed by atoms with Crippen molar-refractivity contribution < 1.29 is 4.74 Å². The van der Waals surface area contributed by atoms with Crippen LogP contribution in [-0.4, -0.2) is 48.2 Å². The molecular weight excluding hydrogens is 204 g/mol. The first-order valence-electron chi connectivity index (χ1n) is 5.71. The van der Waals surface area contributed by atoms with E-state index in [1.165, 1.54) is 25.9 Å². The van der Waals surface area contributed by atoms with Gasteiger partial charge in [-0.1, -0.05) is 0 Å². The summed E-state index contributed by atoms with van der Waals surface area (Å²) in [6, 6.07) is 0. The third-order valence-electron chi connectivity index (χ3n) is 2.77. The molecule has 0 unspecified atom stereocenters. The molecule has 2 rings (SSSR count). The summed E-state index contributed by atoms with van der Waals surface area (Å²) in [4.78, 5) is 10.8. The first-order chi connectivity index (χ1) is 7.88. The maximum Gasteiger partial charge on any atom is 0.222 e. The van der Waals surface area contributed by atoms with Gasteiger partial charge in [-0.25, -0.2) is 9.97 Å². The number of ether oxygens (including phenoxy) is 1. The van der Waals surface area contributed by atoms with Crippen molar-refractivity contribution in [1.29, 1.82) is 0 Å². The van der Waals surface area contributed by atoms with Gasteiger partial charge in [0.2, 0.25) is 5.95 Å². The standard InChI is InChI=1S/C11H18N4O/c1-16-10-8-13-11(14-9-10)12-4-7-15-5-2-3-6-15/h8-9H,2-7H2,1H3,(H,12,13,14). The van der Waals surface area contributed by atoms with Crippen molar-refractivity contribution in [3.8, 4) is 5.75 Å². The summed E-state index contributed by atoms with van der Waals surface area (Å²) in [5.74, 6) is 1.35. The molecule has 88 valence electrons. The highest BCUT2D eigenvalue weighted by Crippen LogP contribution is 2.08. The Morgan fingerprint density at radius 1 is 1.31 bits per heavy atom. The van der Waals surface area contributed by atoms with Crippen molar-refractivity contribution in [2.75, 3.05) is 38.6 Å².